The summed E-state index contributed by atoms with van der Waals surface area (Å²) in [7, 11) is -3.98. The van der Waals surface area contributed by atoms with E-state index in [0.29, 0.717) is 50.0 Å². The van der Waals surface area contributed by atoms with Crippen LogP contribution < -0.4 is 5.32 Å². The molecule has 178 valence electrons. The first-order valence-electron chi connectivity index (χ1n) is 10.7. The number of hydrogen-bond donors (Lipinski definition) is 1. The Morgan fingerprint density at radius 3 is 2.48 bits per heavy atom. The lowest BCUT2D eigenvalue weighted by molar-refractivity contribution is -0.139. The van der Waals surface area contributed by atoms with Gasteiger partial charge in [-0.1, -0.05) is 0 Å². The number of likely N-dealkylation sites (tertiary alicyclic amines) is 1. The smallest absolute Gasteiger partial charge is 0.243 e. The highest BCUT2D eigenvalue weighted by molar-refractivity contribution is 7.89. The van der Waals surface area contributed by atoms with Gasteiger partial charge in [-0.2, -0.15) is 4.31 Å². The average Bonchev–Trinajstić information content (AvgIpc) is 3.33. The third kappa shape index (κ3) is 5.22. The van der Waals surface area contributed by atoms with Crippen molar-refractivity contribution in [1.82, 2.24) is 14.2 Å². The van der Waals surface area contributed by atoms with Crippen molar-refractivity contribution in [3.8, 4) is 0 Å². The fourth-order valence-corrected chi connectivity index (χ4v) is 6.29. The number of piperidine rings is 2. The fraction of sp³-hybridized carbons (Fsp3) is 0.476. The number of halogens is 2. The van der Waals surface area contributed by atoms with Crippen molar-refractivity contribution in [1.29, 1.82) is 0 Å². The van der Waals surface area contributed by atoms with Crippen molar-refractivity contribution in [3.05, 3.63) is 41.4 Å². The molecule has 2 aromatic rings. The second kappa shape index (κ2) is 9.82. The molecule has 0 saturated carbocycles. The maximum atomic E-state index is 13.5. The summed E-state index contributed by atoms with van der Waals surface area (Å²) in [5.41, 5.74) is 0. The standard InChI is InChI=1S/C21H24F2N4O4S2/c22-17-4-3-16(12-18(17)23)33(30,31)27-9-5-14(6-10-27)20(29)26-8-1-2-15(13-26)19(28)25-21-24-7-11-32-21/h3-4,7,11-12,14-15H,1-2,5-6,8-10,13H2,(H,24,25,28). The summed E-state index contributed by atoms with van der Waals surface area (Å²) in [6.45, 7) is 1.11. The van der Waals surface area contributed by atoms with Gasteiger partial charge in [-0.15, -0.1) is 11.3 Å². The van der Waals surface area contributed by atoms with Gasteiger partial charge in [-0.3, -0.25) is 9.59 Å². The molecule has 1 unspecified atom stereocenters. The van der Waals surface area contributed by atoms with Gasteiger partial charge in [0.15, 0.2) is 16.8 Å². The minimum atomic E-state index is -3.98. The summed E-state index contributed by atoms with van der Waals surface area (Å²) in [4.78, 5) is 31.0. The second-order valence-electron chi connectivity index (χ2n) is 8.20. The molecule has 1 aromatic carbocycles. The summed E-state index contributed by atoms with van der Waals surface area (Å²) >= 11 is 1.33. The lowest BCUT2D eigenvalue weighted by atomic mass is 9.92. The number of carbonyl (C=O) groups excluding carboxylic acids is 2. The predicted octanol–water partition coefficient (Wildman–Crippen LogP) is 2.70. The van der Waals surface area contributed by atoms with Gasteiger partial charge in [0.1, 0.15) is 0 Å². The molecule has 1 atom stereocenters. The van der Waals surface area contributed by atoms with Crippen LogP contribution in [0.15, 0.2) is 34.7 Å². The van der Waals surface area contributed by atoms with Gasteiger partial charge < -0.3 is 10.2 Å². The Kier molecular flexibility index (Phi) is 7.05. The lowest BCUT2D eigenvalue weighted by Gasteiger charge is -2.37. The number of amides is 2. The Morgan fingerprint density at radius 1 is 1.06 bits per heavy atom. The molecule has 12 heteroatoms. The summed E-state index contributed by atoms with van der Waals surface area (Å²) in [5.74, 6) is -3.23. The van der Waals surface area contributed by atoms with Crippen molar-refractivity contribution in [2.24, 2.45) is 11.8 Å². The normalized spacial score (nSPS) is 20.5. The van der Waals surface area contributed by atoms with Crippen LogP contribution in [0.4, 0.5) is 13.9 Å². The van der Waals surface area contributed by atoms with E-state index in [9.17, 15) is 26.8 Å². The Labute approximate surface area is 194 Å². The molecule has 2 aliphatic heterocycles. The minimum Gasteiger partial charge on any atom is -0.342 e. The molecule has 2 aliphatic rings. The van der Waals surface area contributed by atoms with E-state index >= 15 is 0 Å². The first kappa shape index (κ1) is 23.7. The number of hydrogen-bond acceptors (Lipinski definition) is 6. The molecule has 3 heterocycles. The molecule has 8 nitrogen and oxygen atoms in total. The predicted molar refractivity (Wildman–Crippen MR) is 118 cm³/mol. The number of rotatable bonds is 5. The molecule has 0 radical (unpaired) electrons. The highest BCUT2D eigenvalue weighted by atomic mass is 32.2. The maximum Gasteiger partial charge on any atom is 0.243 e. The fourth-order valence-electron chi connectivity index (χ4n) is 4.27. The van der Waals surface area contributed by atoms with Crippen LogP contribution in [0.5, 0.6) is 0 Å². The van der Waals surface area contributed by atoms with E-state index in [1.807, 2.05) is 0 Å². The molecule has 2 saturated heterocycles. The Hall–Kier alpha value is -2.44. The molecule has 0 aliphatic carbocycles. The first-order valence-corrected chi connectivity index (χ1v) is 13.0. The SMILES string of the molecule is O=C(Nc1nccs1)C1CCCN(C(=O)C2CCN(S(=O)(=O)c3ccc(F)c(F)c3)CC2)C1. The number of nitrogens with zero attached hydrogens (tertiary/aromatic N) is 3. The van der Waals surface area contributed by atoms with Crippen LogP contribution in [0.2, 0.25) is 0 Å². The van der Waals surface area contributed by atoms with E-state index in [2.05, 4.69) is 10.3 Å². The number of thiazole rings is 1. The Bertz CT molecular complexity index is 1120. The topological polar surface area (TPSA) is 99.7 Å². The quantitative estimate of drug-likeness (QED) is 0.683. The molecule has 2 amide bonds. The second-order valence-corrected chi connectivity index (χ2v) is 11.0. The van der Waals surface area contributed by atoms with Crippen LogP contribution in [0.1, 0.15) is 25.7 Å². The van der Waals surface area contributed by atoms with Crippen LogP contribution in [0, 0.1) is 23.5 Å². The van der Waals surface area contributed by atoms with Crippen molar-refractivity contribution < 1.29 is 26.8 Å². The molecular weight excluding hydrogens is 474 g/mol. The molecule has 1 aromatic heterocycles. The van der Waals surface area contributed by atoms with E-state index < -0.39 is 21.7 Å². The van der Waals surface area contributed by atoms with E-state index in [-0.39, 0.29) is 41.6 Å². The van der Waals surface area contributed by atoms with Crippen molar-refractivity contribution in [2.45, 2.75) is 30.6 Å². The first-order chi connectivity index (χ1) is 15.8. The molecule has 2 fully saturated rings. The number of benzene rings is 1. The van der Waals surface area contributed by atoms with Crippen LogP contribution >= 0.6 is 11.3 Å². The molecule has 33 heavy (non-hydrogen) atoms. The average molecular weight is 499 g/mol. The Morgan fingerprint density at radius 2 is 1.82 bits per heavy atom. The molecule has 1 N–H and O–H groups in total. The zero-order valence-electron chi connectivity index (χ0n) is 17.7. The van der Waals surface area contributed by atoms with E-state index in [4.69, 9.17) is 0 Å². The Balaban J connectivity index is 1.34. The van der Waals surface area contributed by atoms with Crippen LogP contribution in [0.3, 0.4) is 0 Å². The van der Waals surface area contributed by atoms with Crippen LogP contribution in [-0.4, -0.2) is 60.6 Å². The summed E-state index contributed by atoms with van der Waals surface area (Å²) in [6, 6.07) is 2.50. The molecule has 4 rings (SSSR count). The van der Waals surface area contributed by atoms with Gasteiger partial charge in [0.2, 0.25) is 21.8 Å². The summed E-state index contributed by atoms with van der Waals surface area (Å²) in [5, 5.41) is 5.08. The van der Waals surface area contributed by atoms with Gasteiger partial charge in [0.05, 0.1) is 10.8 Å². The zero-order valence-corrected chi connectivity index (χ0v) is 19.4. The van der Waals surface area contributed by atoms with E-state index in [0.717, 1.165) is 12.1 Å². The molecular formula is C21H24F2N4O4S2. The molecule has 0 spiro atoms. The highest BCUT2D eigenvalue weighted by Gasteiger charge is 2.36. The summed E-state index contributed by atoms with van der Waals surface area (Å²) in [6.07, 6.45) is 3.66. The maximum absolute atomic E-state index is 13.5. The van der Waals surface area contributed by atoms with Crippen LogP contribution in [0.25, 0.3) is 0 Å². The largest absolute Gasteiger partial charge is 0.342 e. The van der Waals surface area contributed by atoms with Gasteiger partial charge in [-0.05, 0) is 43.9 Å². The zero-order chi connectivity index (χ0) is 23.6. The monoisotopic (exact) mass is 498 g/mol. The van der Waals surface area contributed by atoms with Crippen molar-refractivity contribution in [2.75, 3.05) is 31.5 Å². The minimum absolute atomic E-state index is 0.0772. The van der Waals surface area contributed by atoms with Crippen LogP contribution in [-0.2, 0) is 19.6 Å². The highest BCUT2D eigenvalue weighted by Crippen LogP contribution is 2.28. The number of anilines is 1. The summed E-state index contributed by atoms with van der Waals surface area (Å²) < 4.78 is 53.4. The third-order valence-corrected chi connectivity index (χ3v) is 8.68. The van der Waals surface area contributed by atoms with Crippen molar-refractivity contribution in [3.63, 3.8) is 0 Å². The molecule has 0 bridgehead atoms. The number of sulfonamides is 1. The van der Waals surface area contributed by atoms with Gasteiger partial charge >= 0.3 is 0 Å². The van der Waals surface area contributed by atoms with E-state index in [1.165, 1.54) is 15.6 Å². The van der Waals surface area contributed by atoms with Crippen molar-refractivity contribution >= 4 is 38.3 Å². The van der Waals surface area contributed by atoms with Gasteiger partial charge in [-0.25, -0.2) is 22.2 Å². The number of aromatic nitrogens is 1. The number of nitrogens with one attached hydrogen (secondary N) is 1. The lowest BCUT2D eigenvalue weighted by Crippen LogP contribution is -2.48. The van der Waals surface area contributed by atoms with Gasteiger partial charge in [0.25, 0.3) is 0 Å². The number of carbonyl (C=O) groups is 2. The third-order valence-electron chi connectivity index (χ3n) is 6.10. The van der Waals surface area contributed by atoms with Gasteiger partial charge in [0, 0.05) is 43.7 Å². The van der Waals surface area contributed by atoms with E-state index in [1.54, 1.807) is 16.5 Å².